The Morgan fingerprint density at radius 1 is 0.897 bits per heavy atom. The van der Waals surface area contributed by atoms with Gasteiger partial charge in [-0.15, -0.1) is 0 Å². The summed E-state index contributed by atoms with van der Waals surface area (Å²) in [5, 5.41) is 0. The summed E-state index contributed by atoms with van der Waals surface area (Å²) in [6.07, 6.45) is 5.77. The number of nitrogens with two attached hydrogens (primary N) is 1. The largest absolute Gasteiger partial charge is 0.330 e. The number of rotatable bonds is 6. The van der Waals surface area contributed by atoms with Crippen molar-refractivity contribution in [2.45, 2.75) is 53.4 Å². The second-order valence-electron chi connectivity index (χ2n) is 7.39. The third-order valence-electron chi connectivity index (χ3n) is 5.03. The molecule has 0 fully saturated rings. The van der Waals surface area contributed by atoms with Gasteiger partial charge in [0, 0.05) is 11.8 Å². The summed E-state index contributed by atoms with van der Waals surface area (Å²) in [7, 11) is 0. The van der Waals surface area contributed by atoms with Crippen LogP contribution in [0.4, 0.5) is 4.39 Å². The molecule has 3 rings (SSSR count). The van der Waals surface area contributed by atoms with Crippen molar-refractivity contribution in [2.24, 2.45) is 5.73 Å². The molecule has 1 heterocycles. The Morgan fingerprint density at radius 3 is 2.17 bits per heavy atom. The van der Waals surface area contributed by atoms with Crippen LogP contribution in [0.3, 0.4) is 0 Å². The van der Waals surface area contributed by atoms with Crippen LogP contribution in [-0.2, 0) is 19.3 Å². The number of hydrogen-bond donors (Lipinski definition) is 1. The summed E-state index contributed by atoms with van der Waals surface area (Å²) in [5.41, 5.74) is 13.0. The molecule has 2 nitrogen and oxygen atoms in total. The molecule has 0 spiro atoms. The predicted molar refractivity (Wildman–Crippen MR) is 122 cm³/mol. The molecule has 2 N–H and O–H groups in total. The first-order valence-electron chi connectivity index (χ1n) is 10.5. The van der Waals surface area contributed by atoms with Crippen LogP contribution in [0.1, 0.15) is 48.1 Å². The molecule has 0 saturated carbocycles. The fraction of sp³-hybridized carbons (Fsp3) is 0.346. The minimum absolute atomic E-state index is 0.129. The topological polar surface area (TPSA) is 38.9 Å². The van der Waals surface area contributed by atoms with E-state index in [-0.39, 0.29) is 5.82 Å². The highest BCUT2D eigenvalue weighted by molar-refractivity contribution is 5.67. The fourth-order valence-electron chi connectivity index (χ4n) is 3.30. The number of halogens is 1. The van der Waals surface area contributed by atoms with E-state index in [9.17, 15) is 4.39 Å². The molecule has 2 aromatic carbocycles. The zero-order valence-corrected chi connectivity index (χ0v) is 18.1. The Morgan fingerprint density at radius 2 is 1.59 bits per heavy atom. The third-order valence-corrected chi connectivity index (χ3v) is 5.03. The van der Waals surface area contributed by atoms with Gasteiger partial charge in [0.1, 0.15) is 5.82 Å². The first-order chi connectivity index (χ1) is 14.0. The average Bonchev–Trinajstić information content (AvgIpc) is 2.73. The van der Waals surface area contributed by atoms with Gasteiger partial charge in [0.2, 0.25) is 0 Å². The standard InChI is InChI=1S/C16H18FN.C10H15N/c1-4-6-13-10-15(17)12(3)9-14(13)16-11(2)7-5-8-18-16;1-2-9-3-5-10(6-4-9)7-8-11/h5,7-10H,4,6H2,1-3H3;3-6H,2,7-8,11H2,1H3. The maximum Gasteiger partial charge on any atom is 0.126 e. The number of benzene rings is 2. The van der Waals surface area contributed by atoms with E-state index >= 15 is 0 Å². The summed E-state index contributed by atoms with van der Waals surface area (Å²) >= 11 is 0. The molecule has 154 valence electrons. The number of aryl methyl sites for hydroxylation is 4. The second-order valence-corrected chi connectivity index (χ2v) is 7.39. The summed E-state index contributed by atoms with van der Waals surface area (Å²) < 4.78 is 13.7. The maximum absolute atomic E-state index is 13.7. The Balaban J connectivity index is 0.000000234. The molecular formula is C26H33FN2. The van der Waals surface area contributed by atoms with Gasteiger partial charge in [-0.3, -0.25) is 4.98 Å². The van der Waals surface area contributed by atoms with Crippen LogP contribution in [0.5, 0.6) is 0 Å². The van der Waals surface area contributed by atoms with E-state index in [1.54, 1.807) is 19.2 Å². The van der Waals surface area contributed by atoms with Crippen LogP contribution in [0, 0.1) is 19.7 Å². The third kappa shape index (κ3) is 6.50. The van der Waals surface area contributed by atoms with Gasteiger partial charge < -0.3 is 5.73 Å². The molecule has 29 heavy (non-hydrogen) atoms. The predicted octanol–water partition coefficient (Wildman–Crippen LogP) is 6.21. The minimum Gasteiger partial charge on any atom is -0.330 e. The maximum atomic E-state index is 13.7. The van der Waals surface area contributed by atoms with Gasteiger partial charge in [-0.2, -0.15) is 0 Å². The molecule has 3 aromatic rings. The zero-order chi connectivity index (χ0) is 21.2. The lowest BCUT2D eigenvalue weighted by Gasteiger charge is -2.12. The Hall–Kier alpha value is -2.52. The highest BCUT2D eigenvalue weighted by Gasteiger charge is 2.11. The molecule has 0 unspecified atom stereocenters. The minimum atomic E-state index is -0.129. The molecule has 3 heteroatoms. The Kier molecular flexibility index (Phi) is 9.01. The molecule has 1 aromatic heterocycles. The van der Waals surface area contributed by atoms with Gasteiger partial charge in [0.25, 0.3) is 0 Å². The van der Waals surface area contributed by atoms with Crippen LogP contribution in [-0.4, -0.2) is 11.5 Å². The number of aromatic nitrogens is 1. The number of hydrogen-bond acceptors (Lipinski definition) is 2. The van der Waals surface area contributed by atoms with E-state index in [1.165, 1.54) is 11.1 Å². The SMILES string of the molecule is CCCc1cc(F)c(C)cc1-c1ncccc1C.CCc1ccc(CCN)cc1. The Labute approximate surface area is 175 Å². The fourth-order valence-corrected chi connectivity index (χ4v) is 3.30. The molecule has 0 radical (unpaired) electrons. The van der Waals surface area contributed by atoms with Crippen molar-refractivity contribution in [2.75, 3.05) is 6.54 Å². The van der Waals surface area contributed by atoms with E-state index < -0.39 is 0 Å². The van der Waals surface area contributed by atoms with Crippen LogP contribution < -0.4 is 5.73 Å². The monoisotopic (exact) mass is 392 g/mol. The molecule has 0 aliphatic carbocycles. The van der Waals surface area contributed by atoms with E-state index in [2.05, 4.69) is 43.1 Å². The highest BCUT2D eigenvalue weighted by Crippen LogP contribution is 2.28. The van der Waals surface area contributed by atoms with Crippen molar-refractivity contribution in [3.63, 3.8) is 0 Å². The van der Waals surface area contributed by atoms with Crippen molar-refractivity contribution < 1.29 is 4.39 Å². The first-order valence-corrected chi connectivity index (χ1v) is 10.5. The van der Waals surface area contributed by atoms with Crippen molar-refractivity contribution in [3.05, 3.63) is 88.4 Å². The molecule has 0 saturated heterocycles. The van der Waals surface area contributed by atoms with Crippen LogP contribution in [0.25, 0.3) is 11.3 Å². The zero-order valence-electron chi connectivity index (χ0n) is 18.1. The van der Waals surface area contributed by atoms with Gasteiger partial charge in [0.15, 0.2) is 0 Å². The van der Waals surface area contributed by atoms with Gasteiger partial charge in [0.05, 0.1) is 5.69 Å². The second kappa shape index (κ2) is 11.5. The molecule has 0 bridgehead atoms. The van der Waals surface area contributed by atoms with E-state index in [1.807, 2.05) is 25.1 Å². The van der Waals surface area contributed by atoms with E-state index in [4.69, 9.17) is 5.73 Å². The summed E-state index contributed by atoms with van der Waals surface area (Å²) in [6, 6.07) is 16.2. The van der Waals surface area contributed by atoms with Gasteiger partial charge >= 0.3 is 0 Å². The van der Waals surface area contributed by atoms with Gasteiger partial charge in [-0.25, -0.2) is 4.39 Å². The molecular weight excluding hydrogens is 359 g/mol. The van der Waals surface area contributed by atoms with Crippen LogP contribution in [0.2, 0.25) is 0 Å². The molecule has 0 aliphatic heterocycles. The lowest BCUT2D eigenvalue weighted by atomic mass is 9.95. The lowest BCUT2D eigenvalue weighted by Crippen LogP contribution is -2.02. The van der Waals surface area contributed by atoms with Crippen LogP contribution >= 0.6 is 0 Å². The van der Waals surface area contributed by atoms with Crippen molar-refractivity contribution in [3.8, 4) is 11.3 Å². The van der Waals surface area contributed by atoms with Crippen molar-refractivity contribution in [1.29, 1.82) is 0 Å². The smallest absolute Gasteiger partial charge is 0.126 e. The van der Waals surface area contributed by atoms with E-state index in [0.29, 0.717) is 5.56 Å². The van der Waals surface area contributed by atoms with Crippen molar-refractivity contribution in [1.82, 2.24) is 4.98 Å². The van der Waals surface area contributed by atoms with E-state index in [0.717, 1.165) is 54.6 Å². The van der Waals surface area contributed by atoms with Crippen molar-refractivity contribution >= 4 is 0 Å². The summed E-state index contributed by atoms with van der Waals surface area (Å²) in [5.74, 6) is -0.129. The van der Waals surface area contributed by atoms with Crippen LogP contribution in [0.15, 0.2) is 54.7 Å². The van der Waals surface area contributed by atoms with Gasteiger partial charge in [-0.05, 0) is 85.7 Å². The highest BCUT2D eigenvalue weighted by atomic mass is 19.1. The molecule has 0 aliphatic rings. The average molecular weight is 393 g/mol. The van der Waals surface area contributed by atoms with Gasteiger partial charge in [-0.1, -0.05) is 50.6 Å². The summed E-state index contributed by atoms with van der Waals surface area (Å²) in [6.45, 7) is 8.85. The lowest BCUT2D eigenvalue weighted by molar-refractivity contribution is 0.616. The number of nitrogens with zero attached hydrogens (tertiary/aromatic N) is 1. The quantitative estimate of drug-likeness (QED) is 0.542. The normalized spacial score (nSPS) is 10.4. The first kappa shape index (κ1) is 22.8. The molecule has 0 amide bonds. The number of pyridine rings is 1. The Bertz CT molecular complexity index is 901. The summed E-state index contributed by atoms with van der Waals surface area (Å²) in [4.78, 5) is 4.44. The molecule has 0 atom stereocenters.